The number of hydrogen-bond acceptors (Lipinski definition) is 3. The van der Waals surface area contributed by atoms with Crippen LogP contribution in [0.15, 0.2) is 18.2 Å². The predicted octanol–water partition coefficient (Wildman–Crippen LogP) is 2.19. The SMILES string of the molecule is COC(=O)NC(=S)Nc1ccc(C)c(F)c1. The highest BCUT2D eigenvalue weighted by Gasteiger charge is 2.04. The van der Waals surface area contributed by atoms with Crippen molar-refractivity contribution in [3.8, 4) is 0 Å². The number of methoxy groups -OCH3 is 1. The van der Waals surface area contributed by atoms with E-state index in [0.717, 1.165) is 0 Å². The van der Waals surface area contributed by atoms with Crippen LogP contribution in [0.3, 0.4) is 0 Å². The van der Waals surface area contributed by atoms with E-state index in [9.17, 15) is 9.18 Å². The molecule has 0 aliphatic carbocycles. The molecule has 6 heteroatoms. The first kappa shape index (κ1) is 12.4. The third kappa shape index (κ3) is 3.47. The van der Waals surface area contributed by atoms with E-state index in [1.807, 2.05) is 0 Å². The second kappa shape index (κ2) is 5.41. The average molecular weight is 242 g/mol. The maximum absolute atomic E-state index is 13.2. The number of aryl methyl sites for hydroxylation is 1. The van der Waals surface area contributed by atoms with Gasteiger partial charge in [-0.2, -0.15) is 0 Å². The van der Waals surface area contributed by atoms with E-state index in [1.165, 1.54) is 13.2 Å². The number of benzene rings is 1. The van der Waals surface area contributed by atoms with E-state index in [-0.39, 0.29) is 10.9 Å². The van der Waals surface area contributed by atoms with Crippen molar-refractivity contribution in [2.45, 2.75) is 6.92 Å². The number of rotatable bonds is 1. The summed E-state index contributed by atoms with van der Waals surface area (Å²) in [7, 11) is 1.23. The molecule has 0 heterocycles. The second-order valence-corrected chi connectivity index (χ2v) is 3.44. The molecule has 0 saturated carbocycles. The molecular weight excluding hydrogens is 231 g/mol. The van der Waals surface area contributed by atoms with Gasteiger partial charge in [-0.1, -0.05) is 6.07 Å². The standard InChI is InChI=1S/C10H11FN2O2S/c1-6-3-4-7(5-8(6)11)12-9(16)13-10(14)15-2/h3-5H,1-2H3,(H2,12,13,14,16). The van der Waals surface area contributed by atoms with E-state index >= 15 is 0 Å². The highest BCUT2D eigenvalue weighted by molar-refractivity contribution is 7.80. The summed E-state index contributed by atoms with van der Waals surface area (Å²) >= 11 is 4.81. The number of carbonyl (C=O) groups is 1. The third-order valence-corrected chi connectivity index (χ3v) is 2.03. The summed E-state index contributed by atoms with van der Waals surface area (Å²) in [5.74, 6) is -0.342. The van der Waals surface area contributed by atoms with Crippen molar-refractivity contribution in [2.75, 3.05) is 12.4 Å². The minimum absolute atomic E-state index is 0.0510. The zero-order valence-corrected chi connectivity index (χ0v) is 9.65. The number of carbonyl (C=O) groups excluding carboxylic acids is 1. The first-order valence-corrected chi connectivity index (χ1v) is 4.86. The summed E-state index contributed by atoms with van der Waals surface area (Å²) in [5, 5.41) is 4.95. The van der Waals surface area contributed by atoms with Gasteiger partial charge in [0, 0.05) is 5.69 Å². The summed E-state index contributed by atoms with van der Waals surface area (Å²) in [6.45, 7) is 1.66. The molecule has 0 radical (unpaired) electrons. The largest absolute Gasteiger partial charge is 0.453 e. The Bertz CT molecular complexity index is 423. The van der Waals surface area contributed by atoms with Crippen molar-refractivity contribution in [3.63, 3.8) is 0 Å². The Morgan fingerprint density at radius 2 is 2.19 bits per heavy atom. The van der Waals surface area contributed by atoms with Crippen LogP contribution in [0.4, 0.5) is 14.9 Å². The molecule has 16 heavy (non-hydrogen) atoms. The number of alkyl carbamates (subject to hydrolysis) is 1. The molecule has 1 rings (SSSR count). The molecule has 1 aromatic carbocycles. The van der Waals surface area contributed by atoms with Gasteiger partial charge >= 0.3 is 6.09 Å². The number of ether oxygens (including phenoxy) is 1. The van der Waals surface area contributed by atoms with Crippen molar-refractivity contribution in [1.29, 1.82) is 0 Å². The van der Waals surface area contributed by atoms with Gasteiger partial charge in [-0.3, -0.25) is 5.32 Å². The van der Waals surface area contributed by atoms with Crippen LogP contribution in [-0.4, -0.2) is 18.3 Å². The Hall–Kier alpha value is -1.69. The Kier molecular flexibility index (Phi) is 4.19. The lowest BCUT2D eigenvalue weighted by molar-refractivity contribution is 0.177. The Labute approximate surface area is 97.8 Å². The van der Waals surface area contributed by atoms with Gasteiger partial charge < -0.3 is 10.1 Å². The van der Waals surface area contributed by atoms with Crippen molar-refractivity contribution < 1.29 is 13.9 Å². The summed E-state index contributed by atoms with van der Waals surface area (Å²) in [6.07, 6.45) is -0.676. The quantitative estimate of drug-likeness (QED) is 0.741. The highest BCUT2D eigenvalue weighted by atomic mass is 32.1. The van der Waals surface area contributed by atoms with E-state index in [1.54, 1.807) is 19.1 Å². The maximum atomic E-state index is 13.2. The van der Waals surface area contributed by atoms with Gasteiger partial charge in [-0.25, -0.2) is 9.18 Å². The van der Waals surface area contributed by atoms with Crippen LogP contribution in [0, 0.1) is 12.7 Å². The Balaban J connectivity index is 2.63. The molecule has 0 aliphatic rings. The van der Waals surface area contributed by atoms with Crippen LogP contribution in [0.25, 0.3) is 0 Å². The molecule has 86 valence electrons. The summed E-state index contributed by atoms with van der Waals surface area (Å²) < 4.78 is 17.5. The number of anilines is 1. The van der Waals surface area contributed by atoms with Gasteiger partial charge in [0.2, 0.25) is 0 Å². The van der Waals surface area contributed by atoms with Crippen LogP contribution in [0.2, 0.25) is 0 Å². The van der Waals surface area contributed by atoms with Crippen molar-refractivity contribution >= 4 is 29.1 Å². The predicted molar refractivity (Wildman–Crippen MR) is 62.9 cm³/mol. The zero-order chi connectivity index (χ0) is 12.1. The molecule has 0 aromatic heterocycles. The number of hydrogen-bond donors (Lipinski definition) is 2. The molecule has 0 bridgehead atoms. The topological polar surface area (TPSA) is 50.4 Å². The molecule has 1 amide bonds. The fraction of sp³-hybridized carbons (Fsp3) is 0.200. The smallest absolute Gasteiger partial charge is 0.413 e. The molecule has 4 nitrogen and oxygen atoms in total. The van der Waals surface area contributed by atoms with Crippen molar-refractivity contribution in [2.24, 2.45) is 0 Å². The molecule has 0 aliphatic heterocycles. The Morgan fingerprint density at radius 3 is 2.75 bits per heavy atom. The molecule has 1 aromatic rings. The van der Waals surface area contributed by atoms with Crippen LogP contribution in [-0.2, 0) is 4.74 Å². The first-order chi connectivity index (χ1) is 7.52. The molecule has 0 unspecified atom stereocenters. The van der Waals surface area contributed by atoms with E-state index < -0.39 is 6.09 Å². The second-order valence-electron chi connectivity index (χ2n) is 3.03. The summed E-state index contributed by atoms with van der Waals surface area (Å²) in [5.41, 5.74) is 1.00. The minimum Gasteiger partial charge on any atom is -0.453 e. The van der Waals surface area contributed by atoms with Crippen LogP contribution >= 0.6 is 12.2 Å². The fourth-order valence-corrected chi connectivity index (χ4v) is 1.18. The van der Waals surface area contributed by atoms with E-state index in [0.29, 0.717) is 11.3 Å². The average Bonchev–Trinajstić information content (AvgIpc) is 2.23. The minimum atomic E-state index is -0.676. The lowest BCUT2D eigenvalue weighted by atomic mass is 10.2. The number of thiocarbonyl (C=S) groups is 1. The normalized spacial score (nSPS) is 9.44. The Morgan fingerprint density at radius 1 is 1.50 bits per heavy atom. The van der Waals surface area contributed by atoms with Gasteiger partial charge in [-0.05, 0) is 36.8 Å². The van der Waals surface area contributed by atoms with Gasteiger partial charge in [0.05, 0.1) is 7.11 Å². The van der Waals surface area contributed by atoms with E-state index in [4.69, 9.17) is 12.2 Å². The van der Waals surface area contributed by atoms with Crippen LogP contribution in [0.1, 0.15) is 5.56 Å². The van der Waals surface area contributed by atoms with Crippen LogP contribution < -0.4 is 10.6 Å². The van der Waals surface area contributed by atoms with Crippen molar-refractivity contribution in [3.05, 3.63) is 29.6 Å². The monoisotopic (exact) mass is 242 g/mol. The molecular formula is C10H11FN2O2S. The van der Waals surface area contributed by atoms with Gasteiger partial charge in [-0.15, -0.1) is 0 Å². The van der Waals surface area contributed by atoms with Gasteiger partial charge in [0.25, 0.3) is 0 Å². The maximum Gasteiger partial charge on any atom is 0.413 e. The van der Waals surface area contributed by atoms with Gasteiger partial charge in [0.15, 0.2) is 5.11 Å². The first-order valence-electron chi connectivity index (χ1n) is 4.45. The van der Waals surface area contributed by atoms with Gasteiger partial charge in [0.1, 0.15) is 5.82 Å². The molecule has 0 saturated heterocycles. The number of halogens is 1. The summed E-state index contributed by atoms with van der Waals surface area (Å²) in [4.78, 5) is 10.8. The lowest BCUT2D eigenvalue weighted by Gasteiger charge is -2.09. The number of amides is 1. The fourth-order valence-electron chi connectivity index (χ4n) is 0.977. The summed E-state index contributed by atoms with van der Waals surface area (Å²) in [6, 6.07) is 4.56. The lowest BCUT2D eigenvalue weighted by Crippen LogP contribution is -2.33. The van der Waals surface area contributed by atoms with E-state index in [2.05, 4.69) is 15.4 Å². The molecule has 0 spiro atoms. The highest BCUT2D eigenvalue weighted by Crippen LogP contribution is 2.13. The molecule has 0 atom stereocenters. The van der Waals surface area contributed by atoms with Crippen molar-refractivity contribution in [1.82, 2.24) is 5.32 Å². The number of nitrogens with one attached hydrogen (secondary N) is 2. The molecule has 0 fully saturated rings. The third-order valence-electron chi connectivity index (χ3n) is 1.83. The molecule has 2 N–H and O–H groups in total. The van der Waals surface area contributed by atoms with Crippen LogP contribution in [0.5, 0.6) is 0 Å². The zero-order valence-electron chi connectivity index (χ0n) is 8.83.